The number of benzene rings is 2. The van der Waals surface area contributed by atoms with Gasteiger partial charge in [-0.05, 0) is 55.8 Å². The average Bonchev–Trinajstić information content (AvgIpc) is 2.71. The Hall–Kier alpha value is -3.17. The molecular formula is C21H23NO7S. The zero-order valence-corrected chi connectivity index (χ0v) is 17.9. The Labute approximate surface area is 175 Å². The molecule has 0 spiro atoms. The second-order valence-corrected chi connectivity index (χ2v) is 8.17. The van der Waals surface area contributed by atoms with Gasteiger partial charge in [0.1, 0.15) is 0 Å². The molecule has 0 aliphatic carbocycles. The van der Waals surface area contributed by atoms with Crippen molar-refractivity contribution in [3.05, 3.63) is 59.7 Å². The largest absolute Gasteiger partial charge is 0.493 e. The van der Waals surface area contributed by atoms with E-state index in [0.717, 1.165) is 0 Å². The van der Waals surface area contributed by atoms with Crippen molar-refractivity contribution >= 4 is 28.0 Å². The van der Waals surface area contributed by atoms with Gasteiger partial charge in [-0.25, -0.2) is 22.7 Å². The quantitative estimate of drug-likeness (QED) is 0.387. The van der Waals surface area contributed by atoms with Crippen LogP contribution in [0.3, 0.4) is 0 Å². The third-order valence-electron chi connectivity index (χ3n) is 3.77. The molecule has 0 aromatic heterocycles. The summed E-state index contributed by atoms with van der Waals surface area (Å²) in [5.41, 5.74) is 0.697. The summed E-state index contributed by atoms with van der Waals surface area (Å²) in [5.74, 6) is -0.842. The van der Waals surface area contributed by atoms with Crippen molar-refractivity contribution in [2.75, 3.05) is 14.2 Å². The topological polar surface area (TPSA) is 108 Å². The van der Waals surface area contributed by atoms with Crippen molar-refractivity contribution < 1.29 is 32.2 Å². The van der Waals surface area contributed by atoms with Crippen molar-refractivity contribution in [1.29, 1.82) is 0 Å². The van der Waals surface area contributed by atoms with Crippen molar-refractivity contribution in [2.45, 2.75) is 24.8 Å². The van der Waals surface area contributed by atoms with E-state index in [-0.39, 0.29) is 28.0 Å². The highest BCUT2D eigenvalue weighted by Crippen LogP contribution is 2.29. The summed E-state index contributed by atoms with van der Waals surface area (Å²) in [4.78, 5) is 23.7. The predicted molar refractivity (Wildman–Crippen MR) is 111 cm³/mol. The van der Waals surface area contributed by atoms with Gasteiger partial charge in [0, 0.05) is 12.1 Å². The van der Waals surface area contributed by atoms with Crippen LogP contribution in [0, 0.1) is 0 Å². The molecule has 0 radical (unpaired) electrons. The molecule has 9 heteroatoms. The van der Waals surface area contributed by atoms with Gasteiger partial charge < -0.3 is 14.2 Å². The van der Waals surface area contributed by atoms with Crippen LogP contribution in [-0.4, -0.2) is 40.6 Å². The fourth-order valence-corrected chi connectivity index (χ4v) is 3.73. The first-order valence-electron chi connectivity index (χ1n) is 8.95. The molecule has 2 aromatic carbocycles. The first kappa shape index (κ1) is 23.1. The zero-order valence-electron chi connectivity index (χ0n) is 17.0. The van der Waals surface area contributed by atoms with Crippen LogP contribution in [0.1, 0.15) is 29.8 Å². The molecule has 0 heterocycles. The number of nitrogens with one attached hydrogen (secondary N) is 1. The maximum Gasteiger partial charge on any atom is 0.343 e. The Balaban J connectivity index is 2.25. The average molecular weight is 433 g/mol. The van der Waals surface area contributed by atoms with E-state index in [1.165, 1.54) is 56.7 Å². The van der Waals surface area contributed by atoms with Gasteiger partial charge in [-0.1, -0.05) is 12.1 Å². The molecule has 8 nitrogen and oxygen atoms in total. The van der Waals surface area contributed by atoms with Crippen LogP contribution in [0.2, 0.25) is 0 Å². The van der Waals surface area contributed by atoms with E-state index in [9.17, 15) is 18.0 Å². The van der Waals surface area contributed by atoms with Crippen LogP contribution in [-0.2, 0) is 19.6 Å². The minimum atomic E-state index is -3.75. The summed E-state index contributed by atoms with van der Waals surface area (Å²) < 4.78 is 42.3. The number of hydrogen-bond donors (Lipinski definition) is 1. The molecule has 160 valence electrons. The first-order valence-corrected chi connectivity index (χ1v) is 10.4. The molecule has 0 bridgehead atoms. The van der Waals surface area contributed by atoms with Crippen molar-refractivity contribution in [1.82, 2.24) is 4.72 Å². The highest BCUT2D eigenvalue weighted by molar-refractivity contribution is 7.89. The molecule has 0 fully saturated rings. The van der Waals surface area contributed by atoms with E-state index in [2.05, 4.69) is 9.46 Å². The Bertz CT molecular complexity index is 1060. The van der Waals surface area contributed by atoms with Crippen LogP contribution >= 0.6 is 0 Å². The number of carbonyl (C=O) groups is 2. The lowest BCUT2D eigenvalue weighted by Crippen LogP contribution is -2.30. The van der Waals surface area contributed by atoms with Crippen LogP contribution in [0.25, 0.3) is 6.08 Å². The number of rotatable bonds is 8. The standard InChI is InChI=1S/C21H23NO7S/c1-14(2)22-30(25,26)17-7-5-6-16(13-17)21(24)29-18-10-8-15(12-19(18)27-3)9-11-20(23)28-4/h5-14,22H,1-4H3/b11-9+. The highest BCUT2D eigenvalue weighted by Gasteiger charge is 2.19. The molecule has 0 aliphatic heterocycles. The Morgan fingerprint density at radius 3 is 2.40 bits per heavy atom. The Morgan fingerprint density at radius 2 is 1.77 bits per heavy atom. The number of esters is 2. The van der Waals surface area contributed by atoms with Crippen LogP contribution in [0.15, 0.2) is 53.4 Å². The predicted octanol–water partition coefficient (Wildman–Crippen LogP) is 2.79. The molecule has 2 rings (SSSR count). The number of methoxy groups -OCH3 is 2. The molecule has 2 aromatic rings. The Morgan fingerprint density at radius 1 is 1.03 bits per heavy atom. The minimum Gasteiger partial charge on any atom is -0.493 e. The smallest absolute Gasteiger partial charge is 0.343 e. The van der Waals surface area contributed by atoms with E-state index in [4.69, 9.17) is 9.47 Å². The molecule has 0 saturated carbocycles. The van der Waals surface area contributed by atoms with Crippen LogP contribution < -0.4 is 14.2 Å². The van der Waals surface area contributed by atoms with E-state index >= 15 is 0 Å². The maximum absolute atomic E-state index is 12.6. The van der Waals surface area contributed by atoms with Crippen LogP contribution in [0.5, 0.6) is 11.5 Å². The van der Waals surface area contributed by atoms with E-state index in [1.807, 2.05) is 0 Å². The number of hydrogen-bond acceptors (Lipinski definition) is 7. The van der Waals surface area contributed by atoms with Gasteiger partial charge in [0.25, 0.3) is 0 Å². The van der Waals surface area contributed by atoms with E-state index < -0.39 is 22.0 Å². The molecule has 0 amide bonds. The van der Waals surface area contributed by atoms with Gasteiger partial charge >= 0.3 is 11.9 Å². The van der Waals surface area contributed by atoms with Gasteiger partial charge in [-0.15, -0.1) is 0 Å². The van der Waals surface area contributed by atoms with Crippen LogP contribution in [0.4, 0.5) is 0 Å². The second-order valence-electron chi connectivity index (χ2n) is 6.46. The number of ether oxygens (including phenoxy) is 3. The molecule has 0 aliphatic rings. The molecule has 0 saturated heterocycles. The van der Waals surface area contributed by atoms with Gasteiger partial charge in [-0.3, -0.25) is 0 Å². The van der Waals surface area contributed by atoms with E-state index in [0.29, 0.717) is 5.56 Å². The SMILES string of the molecule is COC(=O)/C=C/c1ccc(OC(=O)c2cccc(S(=O)(=O)NC(C)C)c2)c(OC)c1. The molecular weight excluding hydrogens is 410 g/mol. The van der Waals surface area contributed by atoms with Gasteiger partial charge in [0.2, 0.25) is 10.0 Å². The molecule has 0 atom stereocenters. The van der Waals surface area contributed by atoms with Crippen molar-refractivity contribution in [2.24, 2.45) is 0 Å². The summed E-state index contributed by atoms with van der Waals surface area (Å²) in [6, 6.07) is 9.97. The lowest BCUT2D eigenvalue weighted by Gasteiger charge is -2.12. The third kappa shape index (κ3) is 6.16. The molecule has 1 N–H and O–H groups in total. The summed E-state index contributed by atoms with van der Waals surface area (Å²) in [6.07, 6.45) is 2.77. The second kappa shape index (κ2) is 10.0. The lowest BCUT2D eigenvalue weighted by molar-refractivity contribution is -0.134. The first-order chi connectivity index (χ1) is 14.2. The summed E-state index contributed by atoms with van der Waals surface area (Å²) in [6.45, 7) is 3.40. The number of sulfonamides is 1. The Kier molecular flexibility index (Phi) is 7.73. The fourth-order valence-electron chi connectivity index (χ4n) is 2.43. The lowest BCUT2D eigenvalue weighted by atomic mass is 10.2. The third-order valence-corrected chi connectivity index (χ3v) is 5.43. The number of carbonyl (C=O) groups excluding carboxylic acids is 2. The van der Waals surface area contributed by atoms with Gasteiger partial charge in [-0.2, -0.15) is 0 Å². The van der Waals surface area contributed by atoms with Crippen molar-refractivity contribution in [3.63, 3.8) is 0 Å². The highest BCUT2D eigenvalue weighted by atomic mass is 32.2. The molecule has 0 unspecified atom stereocenters. The van der Waals surface area contributed by atoms with Gasteiger partial charge in [0.15, 0.2) is 11.5 Å². The minimum absolute atomic E-state index is 0.0408. The summed E-state index contributed by atoms with van der Waals surface area (Å²) in [7, 11) is -1.07. The normalized spacial score (nSPS) is 11.5. The van der Waals surface area contributed by atoms with Crippen molar-refractivity contribution in [3.8, 4) is 11.5 Å². The molecule has 30 heavy (non-hydrogen) atoms. The fraction of sp³-hybridized carbons (Fsp3) is 0.238. The zero-order chi connectivity index (χ0) is 22.3. The van der Waals surface area contributed by atoms with Gasteiger partial charge in [0.05, 0.1) is 24.7 Å². The monoisotopic (exact) mass is 433 g/mol. The van der Waals surface area contributed by atoms with E-state index in [1.54, 1.807) is 26.0 Å². The maximum atomic E-state index is 12.6. The summed E-state index contributed by atoms with van der Waals surface area (Å²) >= 11 is 0. The summed E-state index contributed by atoms with van der Waals surface area (Å²) in [5, 5.41) is 0.